The molecule has 2 aliphatic rings. The van der Waals surface area contributed by atoms with Crippen LogP contribution in [-0.2, 0) is 9.84 Å². The van der Waals surface area contributed by atoms with E-state index < -0.39 is 9.84 Å². The van der Waals surface area contributed by atoms with E-state index in [0.29, 0.717) is 17.6 Å². The van der Waals surface area contributed by atoms with Crippen molar-refractivity contribution in [3.63, 3.8) is 0 Å². The Balaban J connectivity index is 1.99. The van der Waals surface area contributed by atoms with Crippen molar-refractivity contribution < 1.29 is 8.42 Å². The molecule has 2 fully saturated rings. The molecule has 0 radical (unpaired) electrons. The average Bonchev–Trinajstić information content (AvgIpc) is 2.70. The van der Waals surface area contributed by atoms with Crippen molar-refractivity contribution in [2.45, 2.75) is 50.6 Å². The van der Waals surface area contributed by atoms with Gasteiger partial charge in [0.15, 0.2) is 14.9 Å². The van der Waals surface area contributed by atoms with Crippen LogP contribution >= 0.6 is 12.2 Å². The number of hydrogen-bond donors (Lipinski definition) is 1. The smallest absolute Gasteiger partial charge is 0.184 e. The summed E-state index contributed by atoms with van der Waals surface area (Å²) in [5, 5.41) is 7.94. The standard InChI is InChI=1S/C13H25N3O2S2/c1-15(2)16(12-8-9-20(17,18)10-12)13(19)14-11-6-4-3-5-7-11/h11-12H,3-10H2,1-2H3,(H,14,19)/t12-/m1/s1. The Kier molecular flexibility index (Phi) is 5.25. The van der Waals surface area contributed by atoms with Crippen LogP contribution in [0, 0.1) is 0 Å². The van der Waals surface area contributed by atoms with Crippen LogP contribution in [0.1, 0.15) is 38.5 Å². The van der Waals surface area contributed by atoms with Crippen molar-refractivity contribution in [1.82, 2.24) is 15.3 Å². The minimum Gasteiger partial charge on any atom is -0.359 e. The molecule has 0 bridgehead atoms. The van der Waals surface area contributed by atoms with Gasteiger partial charge in [0.05, 0.1) is 17.5 Å². The van der Waals surface area contributed by atoms with Crippen LogP contribution in [0.5, 0.6) is 0 Å². The fraction of sp³-hybridized carbons (Fsp3) is 0.923. The monoisotopic (exact) mass is 319 g/mol. The maximum absolute atomic E-state index is 11.7. The van der Waals surface area contributed by atoms with Gasteiger partial charge in [-0.25, -0.2) is 13.4 Å². The molecule has 116 valence electrons. The highest BCUT2D eigenvalue weighted by Crippen LogP contribution is 2.21. The van der Waals surface area contributed by atoms with Crippen molar-refractivity contribution in [3.8, 4) is 0 Å². The summed E-state index contributed by atoms with van der Waals surface area (Å²) in [5.41, 5.74) is 0. The first-order valence-corrected chi connectivity index (χ1v) is 9.59. The highest BCUT2D eigenvalue weighted by atomic mass is 32.2. The fourth-order valence-electron chi connectivity index (χ4n) is 3.13. The molecule has 1 saturated carbocycles. The molecule has 5 nitrogen and oxygen atoms in total. The van der Waals surface area contributed by atoms with Gasteiger partial charge in [0.2, 0.25) is 0 Å². The van der Waals surface area contributed by atoms with Gasteiger partial charge in [-0.1, -0.05) is 19.3 Å². The zero-order valence-corrected chi connectivity index (χ0v) is 14.0. The van der Waals surface area contributed by atoms with Crippen LogP contribution in [0.3, 0.4) is 0 Å². The summed E-state index contributed by atoms with van der Waals surface area (Å²) in [7, 11) is 0.937. The quantitative estimate of drug-likeness (QED) is 0.622. The molecule has 0 aromatic carbocycles. The van der Waals surface area contributed by atoms with Gasteiger partial charge in [0, 0.05) is 20.1 Å². The third-order valence-electron chi connectivity index (χ3n) is 4.13. The van der Waals surface area contributed by atoms with Crippen molar-refractivity contribution in [1.29, 1.82) is 0 Å². The molecule has 1 aliphatic carbocycles. The summed E-state index contributed by atoms with van der Waals surface area (Å²) >= 11 is 5.52. The predicted octanol–water partition coefficient (Wildman–Crippen LogP) is 1.16. The van der Waals surface area contributed by atoms with Crippen molar-refractivity contribution in [3.05, 3.63) is 0 Å². The molecular weight excluding hydrogens is 294 g/mol. The normalized spacial score (nSPS) is 26.6. The second-order valence-electron chi connectivity index (χ2n) is 6.03. The van der Waals surface area contributed by atoms with Gasteiger partial charge in [-0.15, -0.1) is 0 Å². The van der Waals surface area contributed by atoms with E-state index in [4.69, 9.17) is 12.2 Å². The summed E-state index contributed by atoms with van der Waals surface area (Å²) in [6.07, 6.45) is 6.78. The van der Waals surface area contributed by atoms with Gasteiger partial charge < -0.3 is 5.32 Å². The first-order valence-electron chi connectivity index (χ1n) is 7.36. The van der Waals surface area contributed by atoms with Crippen LogP contribution in [0.25, 0.3) is 0 Å². The highest BCUT2D eigenvalue weighted by Gasteiger charge is 2.35. The second-order valence-corrected chi connectivity index (χ2v) is 8.65. The number of nitrogens with one attached hydrogen (secondary N) is 1. The molecule has 1 N–H and O–H groups in total. The molecule has 0 aromatic rings. The second kappa shape index (κ2) is 6.58. The van der Waals surface area contributed by atoms with Crippen molar-refractivity contribution in [2.24, 2.45) is 0 Å². The molecule has 0 aromatic heterocycles. The number of nitrogens with zero attached hydrogens (tertiary/aromatic N) is 2. The molecular formula is C13H25N3O2S2. The van der Waals surface area contributed by atoms with E-state index in [1.165, 1.54) is 19.3 Å². The van der Waals surface area contributed by atoms with Gasteiger partial charge in [-0.05, 0) is 31.5 Å². The number of hydrogen-bond acceptors (Lipinski definition) is 4. The van der Waals surface area contributed by atoms with E-state index >= 15 is 0 Å². The Morgan fingerprint density at radius 2 is 1.80 bits per heavy atom. The minimum atomic E-state index is -2.90. The lowest BCUT2D eigenvalue weighted by molar-refractivity contribution is 0.0698. The van der Waals surface area contributed by atoms with E-state index in [1.807, 2.05) is 24.1 Å². The lowest BCUT2D eigenvalue weighted by atomic mass is 9.96. The first-order chi connectivity index (χ1) is 9.39. The van der Waals surface area contributed by atoms with E-state index in [2.05, 4.69) is 5.32 Å². The van der Waals surface area contributed by atoms with Gasteiger partial charge in [0.25, 0.3) is 0 Å². The topological polar surface area (TPSA) is 52.6 Å². The van der Waals surface area contributed by atoms with E-state index in [9.17, 15) is 8.42 Å². The summed E-state index contributed by atoms with van der Waals surface area (Å²) in [4.78, 5) is 0. The molecule has 0 unspecified atom stereocenters. The number of rotatable bonds is 3. The van der Waals surface area contributed by atoms with E-state index in [-0.39, 0.29) is 17.5 Å². The largest absolute Gasteiger partial charge is 0.359 e. The Morgan fingerprint density at radius 1 is 1.15 bits per heavy atom. The summed E-state index contributed by atoms with van der Waals surface area (Å²) in [5.74, 6) is 0.478. The predicted molar refractivity (Wildman–Crippen MR) is 85.2 cm³/mol. The maximum Gasteiger partial charge on any atom is 0.184 e. The fourth-order valence-corrected chi connectivity index (χ4v) is 5.30. The van der Waals surface area contributed by atoms with Crippen LogP contribution in [0.2, 0.25) is 0 Å². The molecule has 1 heterocycles. The zero-order chi connectivity index (χ0) is 14.8. The molecule has 7 heteroatoms. The molecule has 1 saturated heterocycles. The number of sulfone groups is 1. The Bertz CT molecular complexity index is 445. The van der Waals surface area contributed by atoms with Gasteiger partial charge >= 0.3 is 0 Å². The molecule has 0 spiro atoms. The molecule has 0 amide bonds. The Labute approximate surface area is 127 Å². The number of thiocarbonyl (C=S) groups is 1. The molecule has 1 atom stereocenters. The van der Waals surface area contributed by atoms with Crippen LogP contribution in [0.15, 0.2) is 0 Å². The highest BCUT2D eigenvalue weighted by molar-refractivity contribution is 7.91. The minimum absolute atomic E-state index is 0.0291. The van der Waals surface area contributed by atoms with Crippen molar-refractivity contribution >= 4 is 27.2 Å². The Hall–Kier alpha value is -0.400. The van der Waals surface area contributed by atoms with Crippen LogP contribution < -0.4 is 5.32 Å². The third kappa shape index (κ3) is 4.05. The molecule has 20 heavy (non-hydrogen) atoms. The third-order valence-corrected chi connectivity index (χ3v) is 6.18. The van der Waals surface area contributed by atoms with Gasteiger partial charge in [-0.2, -0.15) is 0 Å². The van der Waals surface area contributed by atoms with Crippen LogP contribution in [-0.4, -0.2) is 61.2 Å². The molecule has 2 rings (SSSR count). The Morgan fingerprint density at radius 3 is 2.30 bits per heavy atom. The zero-order valence-electron chi connectivity index (χ0n) is 12.3. The SMILES string of the molecule is CN(C)N(C(=S)NC1CCCCC1)[C@@H]1CCS(=O)(=O)C1. The summed E-state index contributed by atoms with van der Waals surface area (Å²) < 4.78 is 23.3. The molecule has 1 aliphatic heterocycles. The lowest BCUT2D eigenvalue weighted by Crippen LogP contribution is -2.55. The van der Waals surface area contributed by atoms with Crippen LogP contribution in [0.4, 0.5) is 0 Å². The number of hydrazine groups is 1. The summed E-state index contributed by atoms with van der Waals surface area (Å²) in [6.45, 7) is 0. The average molecular weight is 319 g/mol. The van der Waals surface area contributed by atoms with E-state index in [1.54, 1.807) is 0 Å². The van der Waals surface area contributed by atoms with Crippen molar-refractivity contribution in [2.75, 3.05) is 25.6 Å². The van der Waals surface area contributed by atoms with E-state index in [0.717, 1.165) is 12.8 Å². The van der Waals surface area contributed by atoms with Gasteiger partial charge in [0.1, 0.15) is 0 Å². The maximum atomic E-state index is 11.7. The first kappa shape index (κ1) is 16.0. The van der Waals surface area contributed by atoms with Gasteiger partial charge in [-0.3, -0.25) is 5.01 Å². The summed E-state index contributed by atoms with van der Waals surface area (Å²) in [6, 6.07) is 0.412. The lowest BCUT2D eigenvalue weighted by Gasteiger charge is -2.38.